The van der Waals surface area contributed by atoms with Gasteiger partial charge in [-0.05, 0) is 38.0 Å². The van der Waals surface area contributed by atoms with Crippen LogP contribution >= 0.6 is 11.8 Å². The van der Waals surface area contributed by atoms with Crippen molar-refractivity contribution in [3.63, 3.8) is 0 Å². The maximum Gasteiger partial charge on any atom is 0.327 e. The van der Waals surface area contributed by atoms with Gasteiger partial charge in [-0.3, -0.25) is 14.4 Å². The zero-order chi connectivity index (χ0) is 22.5. The summed E-state index contributed by atoms with van der Waals surface area (Å²) in [6, 6.07) is 3.26. The Morgan fingerprint density at radius 1 is 1.39 bits per heavy atom. The number of aliphatic carboxylic acids is 1. The Morgan fingerprint density at radius 2 is 2.13 bits per heavy atom. The molecule has 1 aromatic rings. The Labute approximate surface area is 183 Å². The van der Waals surface area contributed by atoms with Gasteiger partial charge in [-0.25, -0.2) is 4.79 Å². The van der Waals surface area contributed by atoms with Crippen LogP contribution in [-0.2, 0) is 30.3 Å². The molecule has 2 N–H and O–H groups in total. The Kier molecular flexibility index (Phi) is 5.36. The third kappa shape index (κ3) is 3.52. The Morgan fingerprint density at radius 3 is 2.81 bits per heavy atom. The molecule has 2 fully saturated rings. The molecular formula is C21H24N2O7S. The molecule has 0 saturated carbocycles. The molecule has 4 unspecified atom stereocenters. The predicted molar refractivity (Wildman–Crippen MR) is 111 cm³/mol. The van der Waals surface area contributed by atoms with Crippen molar-refractivity contribution in [3.8, 4) is 5.75 Å². The lowest BCUT2D eigenvalue weighted by Gasteiger charge is -2.43. The van der Waals surface area contributed by atoms with E-state index in [0.29, 0.717) is 18.6 Å². The van der Waals surface area contributed by atoms with Crippen LogP contribution in [-0.4, -0.2) is 69.2 Å². The van der Waals surface area contributed by atoms with E-state index in [9.17, 15) is 24.3 Å². The minimum Gasteiger partial charge on any atom is -0.493 e. The maximum absolute atomic E-state index is 13.1. The van der Waals surface area contributed by atoms with Crippen LogP contribution in [0.1, 0.15) is 37.8 Å². The fourth-order valence-corrected chi connectivity index (χ4v) is 6.01. The molecule has 4 atom stereocenters. The summed E-state index contributed by atoms with van der Waals surface area (Å²) in [7, 11) is 0. The number of esters is 1. The lowest BCUT2D eigenvalue weighted by atomic mass is 9.93. The van der Waals surface area contributed by atoms with Crippen LogP contribution in [0, 0.1) is 0 Å². The molecule has 3 heterocycles. The number of hydrogen-bond donors (Lipinski definition) is 2. The largest absolute Gasteiger partial charge is 0.493 e. The molecule has 166 valence electrons. The highest BCUT2D eigenvalue weighted by Crippen LogP contribution is 2.50. The molecule has 0 bridgehead atoms. The highest BCUT2D eigenvalue weighted by molar-refractivity contribution is 8.01. The number of carbonyl (C=O) groups is 4. The number of carboxylic acids is 1. The molecule has 0 spiro atoms. The minimum absolute atomic E-state index is 0.111. The molecule has 31 heavy (non-hydrogen) atoms. The predicted octanol–water partition coefficient (Wildman–Crippen LogP) is 0.900. The number of fused-ring (bicyclic) bond motifs is 2. The highest BCUT2D eigenvalue weighted by atomic mass is 32.2. The van der Waals surface area contributed by atoms with Crippen molar-refractivity contribution in [3.05, 3.63) is 29.3 Å². The average molecular weight is 448 g/mol. The third-order valence-corrected chi connectivity index (χ3v) is 7.38. The summed E-state index contributed by atoms with van der Waals surface area (Å²) in [4.78, 5) is 51.4. The zero-order valence-corrected chi connectivity index (χ0v) is 18.2. The first-order valence-corrected chi connectivity index (χ1v) is 11.0. The molecule has 0 radical (unpaired) electrons. The van der Waals surface area contributed by atoms with Crippen molar-refractivity contribution >= 4 is 35.5 Å². The molecule has 2 saturated heterocycles. The number of carboxylic acid groups (broad SMARTS) is 1. The number of rotatable bonds is 6. The van der Waals surface area contributed by atoms with Crippen molar-refractivity contribution in [2.24, 2.45) is 0 Å². The number of carbonyl (C=O) groups excluding carboxylic acids is 3. The van der Waals surface area contributed by atoms with Crippen LogP contribution in [0.3, 0.4) is 0 Å². The minimum atomic E-state index is -1.23. The van der Waals surface area contributed by atoms with Gasteiger partial charge < -0.3 is 24.8 Å². The number of hydrogen-bond acceptors (Lipinski definition) is 7. The van der Waals surface area contributed by atoms with Crippen molar-refractivity contribution in [1.29, 1.82) is 0 Å². The van der Waals surface area contributed by atoms with Gasteiger partial charge in [0.05, 0.1) is 13.2 Å². The summed E-state index contributed by atoms with van der Waals surface area (Å²) < 4.78 is 9.90. The second kappa shape index (κ2) is 7.74. The Bertz CT molecular complexity index is 963. The first kappa shape index (κ1) is 21.5. The first-order valence-electron chi connectivity index (χ1n) is 10.1. The summed E-state index contributed by atoms with van der Waals surface area (Å²) in [5, 5.41) is 11.7. The van der Waals surface area contributed by atoms with Gasteiger partial charge in [0.2, 0.25) is 11.8 Å². The number of β-lactam (4-membered cyclic amide) rings is 1. The van der Waals surface area contributed by atoms with E-state index in [1.165, 1.54) is 16.7 Å². The molecule has 10 heteroatoms. The van der Waals surface area contributed by atoms with Gasteiger partial charge in [-0.1, -0.05) is 12.1 Å². The van der Waals surface area contributed by atoms with Crippen LogP contribution in [0.2, 0.25) is 0 Å². The summed E-state index contributed by atoms with van der Waals surface area (Å²) in [5.74, 6) is -3.40. The fraction of sp³-hybridized carbons (Fsp3) is 0.524. The molecule has 9 nitrogen and oxygen atoms in total. The molecule has 4 rings (SSSR count). The molecular weight excluding hydrogens is 424 g/mol. The molecule has 0 aliphatic carbocycles. The quantitative estimate of drug-likeness (QED) is 0.374. The van der Waals surface area contributed by atoms with E-state index in [1.54, 1.807) is 39.0 Å². The van der Waals surface area contributed by atoms with Crippen LogP contribution in [0.25, 0.3) is 0 Å². The average Bonchev–Trinajstić information content (AvgIpc) is 3.26. The topological polar surface area (TPSA) is 122 Å². The number of amides is 2. The van der Waals surface area contributed by atoms with Gasteiger partial charge in [0.1, 0.15) is 23.2 Å². The molecule has 3 aliphatic heterocycles. The Balaban J connectivity index is 1.56. The number of ether oxygens (including phenoxy) is 2. The van der Waals surface area contributed by atoms with Crippen LogP contribution in [0.4, 0.5) is 0 Å². The van der Waals surface area contributed by atoms with E-state index in [4.69, 9.17) is 9.47 Å². The number of nitrogens with zero attached hydrogens (tertiary/aromatic N) is 1. The Hall–Kier alpha value is -2.75. The summed E-state index contributed by atoms with van der Waals surface area (Å²) >= 11 is 1.33. The van der Waals surface area contributed by atoms with E-state index in [0.717, 1.165) is 11.3 Å². The summed E-state index contributed by atoms with van der Waals surface area (Å²) in [5.41, 5.74) is 1.37. The number of thioether (sulfide) groups is 1. The van der Waals surface area contributed by atoms with E-state index in [2.05, 4.69) is 5.32 Å². The van der Waals surface area contributed by atoms with E-state index < -0.39 is 51.9 Å². The molecule has 2 amide bonds. The third-order valence-electron chi connectivity index (χ3n) is 5.80. The maximum atomic E-state index is 13.1. The lowest BCUT2D eigenvalue weighted by molar-refractivity contribution is -0.161. The smallest absolute Gasteiger partial charge is 0.327 e. The zero-order valence-electron chi connectivity index (χ0n) is 17.4. The van der Waals surface area contributed by atoms with Gasteiger partial charge in [-0.15, -0.1) is 11.8 Å². The van der Waals surface area contributed by atoms with Crippen LogP contribution < -0.4 is 10.1 Å². The normalized spacial score (nSPS) is 26.2. The van der Waals surface area contributed by atoms with E-state index in [1.807, 2.05) is 0 Å². The van der Waals surface area contributed by atoms with Crippen molar-refractivity contribution in [2.45, 2.75) is 55.3 Å². The highest BCUT2D eigenvalue weighted by Gasteiger charge is 2.64. The number of benzene rings is 1. The molecule has 3 aliphatic rings. The standard InChI is InChI=1S/C21H24N2O7S/c1-4-29-20(28)13(11-5-6-12-10(9-11)7-8-30-12)16(24)22-14-17(25)23-15(19(26)27)21(2,3)31-18(14)23/h5-6,9,13-15,18H,4,7-8H2,1-3H3,(H,22,24)(H,26,27). The molecule has 1 aromatic carbocycles. The molecule has 0 aromatic heterocycles. The first-order chi connectivity index (χ1) is 14.7. The monoisotopic (exact) mass is 448 g/mol. The van der Waals surface area contributed by atoms with Gasteiger partial charge >= 0.3 is 11.9 Å². The summed E-state index contributed by atoms with van der Waals surface area (Å²) in [6.07, 6.45) is 0.681. The van der Waals surface area contributed by atoms with Gasteiger partial charge in [0.25, 0.3) is 0 Å². The second-order valence-electron chi connectivity index (χ2n) is 8.24. The summed E-state index contributed by atoms with van der Waals surface area (Å²) in [6.45, 7) is 5.82. The lowest BCUT2D eigenvalue weighted by Crippen LogP contribution is -2.71. The van der Waals surface area contributed by atoms with Crippen LogP contribution in [0.15, 0.2) is 18.2 Å². The van der Waals surface area contributed by atoms with Crippen molar-refractivity contribution in [2.75, 3.05) is 13.2 Å². The van der Waals surface area contributed by atoms with Gasteiger partial charge in [0.15, 0.2) is 5.92 Å². The van der Waals surface area contributed by atoms with Gasteiger partial charge in [-0.2, -0.15) is 0 Å². The number of nitrogens with one attached hydrogen (secondary N) is 1. The van der Waals surface area contributed by atoms with Crippen molar-refractivity contribution < 1.29 is 33.8 Å². The SMILES string of the molecule is CCOC(=O)C(C(=O)NC1C(=O)N2C1SC(C)(C)C2C(=O)O)c1ccc2c(c1)CCO2. The van der Waals surface area contributed by atoms with E-state index >= 15 is 0 Å². The van der Waals surface area contributed by atoms with Gasteiger partial charge in [0, 0.05) is 11.2 Å². The van der Waals surface area contributed by atoms with Crippen LogP contribution in [0.5, 0.6) is 5.75 Å². The fourth-order valence-electron chi connectivity index (χ4n) is 4.39. The second-order valence-corrected chi connectivity index (χ2v) is 10.0. The van der Waals surface area contributed by atoms with Crippen molar-refractivity contribution in [1.82, 2.24) is 10.2 Å². The van der Waals surface area contributed by atoms with E-state index in [-0.39, 0.29) is 6.61 Å².